The molecule has 2 aliphatic rings. The first kappa shape index (κ1) is 20.8. The van der Waals surface area contributed by atoms with Crippen LogP contribution < -0.4 is 5.69 Å². The minimum absolute atomic E-state index is 0.170. The van der Waals surface area contributed by atoms with Crippen molar-refractivity contribution < 1.29 is 9.18 Å². The quantitative estimate of drug-likeness (QED) is 0.495. The van der Waals surface area contributed by atoms with Gasteiger partial charge in [0.15, 0.2) is 0 Å². The van der Waals surface area contributed by atoms with Crippen molar-refractivity contribution in [1.82, 2.24) is 24.6 Å². The summed E-state index contributed by atoms with van der Waals surface area (Å²) < 4.78 is 16.6. The van der Waals surface area contributed by atoms with Crippen molar-refractivity contribution in [3.63, 3.8) is 0 Å². The van der Waals surface area contributed by atoms with Gasteiger partial charge >= 0.3 is 5.69 Å². The van der Waals surface area contributed by atoms with Gasteiger partial charge in [0, 0.05) is 43.2 Å². The van der Waals surface area contributed by atoms with E-state index in [1.54, 1.807) is 18.5 Å². The van der Waals surface area contributed by atoms with Crippen molar-refractivity contribution in [2.75, 3.05) is 13.1 Å². The number of hydrogen-bond acceptors (Lipinski definition) is 4. The maximum atomic E-state index is 15.3. The van der Waals surface area contributed by atoms with E-state index in [0.29, 0.717) is 18.8 Å². The zero-order valence-corrected chi connectivity index (χ0v) is 18.6. The second-order valence-corrected chi connectivity index (χ2v) is 9.30. The van der Waals surface area contributed by atoms with Crippen LogP contribution in [0.25, 0.3) is 27.6 Å². The third-order valence-corrected chi connectivity index (χ3v) is 6.90. The predicted molar refractivity (Wildman–Crippen MR) is 126 cm³/mol. The molecule has 2 aromatic heterocycles. The number of likely N-dealkylation sites (tertiary alicyclic amines) is 1. The molecule has 1 saturated heterocycles. The number of rotatable bonds is 5. The van der Waals surface area contributed by atoms with E-state index in [-0.39, 0.29) is 23.4 Å². The largest absolute Gasteiger partial charge is 0.348 e. The standard InChI is InChI=1S/C26H24FN5O2/c27-22-13-20(19-4-1-17-7-9-28-14-21(17)12-19)5-6-23(22)32-24(29-30-26(32)34)11-16-8-10-31(15-16)25(33)18-2-3-18/h1,4-7,9,12-14,16,18H,2-3,8,10-11,15H2,(H,30,34)/t16-/m0/s1. The van der Waals surface area contributed by atoms with Gasteiger partial charge in [-0.15, -0.1) is 0 Å². The smallest absolute Gasteiger partial charge is 0.342 e. The number of aromatic amines is 1. The van der Waals surface area contributed by atoms with E-state index in [9.17, 15) is 9.59 Å². The van der Waals surface area contributed by atoms with Crippen molar-refractivity contribution >= 4 is 16.7 Å². The number of benzene rings is 2. The Morgan fingerprint density at radius 2 is 1.88 bits per heavy atom. The average Bonchev–Trinajstić information content (AvgIpc) is 3.50. The lowest BCUT2D eigenvalue weighted by Crippen LogP contribution is -2.30. The Balaban J connectivity index is 1.26. The Labute approximate surface area is 195 Å². The zero-order valence-electron chi connectivity index (χ0n) is 18.6. The van der Waals surface area contributed by atoms with Crippen LogP contribution in [0, 0.1) is 17.7 Å². The van der Waals surface area contributed by atoms with Crippen LogP contribution in [0.15, 0.2) is 59.7 Å². The van der Waals surface area contributed by atoms with Crippen LogP contribution in [0.1, 0.15) is 25.1 Å². The van der Waals surface area contributed by atoms with Gasteiger partial charge in [-0.25, -0.2) is 18.9 Å². The molecule has 34 heavy (non-hydrogen) atoms. The molecule has 1 aliphatic carbocycles. The molecule has 1 saturated carbocycles. The van der Waals surface area contributed by atoms with Crippen LogP contribution in [-0.4, -0.2) is 43.6 Å². The molecule has 7 nitrogen and oxygen atoms in total. The van der Waals surface area contributed by atoms with Crippen LogP contribution in [0.2, 0.25) is 0 Å². The van der Waals surface area contributed by atoms with Crippen LogP contribution in [0.4, 0.5) is 4.39 Å². The molecule has 1 atom stereocenters. The molecule has 0 unspecified atom stereocenters. The van der Waals surface area contributed by atoms with E-state index in [2.05, 4.69) is 15.2 Å². The van der Waals surface area contributed by atoms with Crippen molar-refractivity contribution in [1.29, 1.82) is 0 Å². The lowest BCUT2D eigenvalue weighted by atomic mass is 10.0. The summed E-state index contributed by atoms with van der Waals surface area (Å²) in [4.78, 5) is 31.0. The maximum Gasteiger partial charge on any atom is 0.348 e. The van der Waals surface area contributed by atoms with Gasteiger partial charge in [-0.2, -0.15) is 5.10 Å². The highest BCUT2D eigenvalue weighted by atomic mass is 19.1. The second kappa shape index (κ2) is 8.20. The van der Waals surface area contributed by atoms with Gasteiger partial charge in [0.25, 0.3) is 0 Å². The highest BCUT2D eigenvalue weighted by molar-refractivity contribution is 5.86. The van der Waals surface area contributed by atoms with Gasteiger partial charge in [0.2, 0.25) is 5.91 Å². The first-order chi connectivity index (χ1) is 16.6. The highest BCUT2D eigenvalue weighted by Crippen LogP contribution is 2.33. The lowest BCUT2D eigenvalue weighted by molar-refractivity contribution is -0.131. The van der Waals surface area contributed by atoms with Crippen molar-refractivity contribution in [3.8, 4) is 16.8 Å². The number of amides is 1. The molecule has 172 valence electrons. The Bertz CT molecular complexity index is 1460. The Hall–Kier alpha value is -3.81. The Kier molecular flexibility index (Phi) is 5.01. The summed E-state index contributed by atoms with van der Waals surface area (Å²) in [5.74, 6) is 0.636. The number of hydrogen-bond donors (Lipinski definition) is 1. The number of nitrogens with zero attached hydrogens (tertiary/aromatic N) is 4. The fourth-order valence-electron chi connectivity index (χ4n) is 4.89. The van der Waals surface area contributed by atoms with E-state index in [1.807, 2.05) is 35.2 Å². The molecule has 1 aliphatic heterocycles. The van der Waals surface area contributed by atoms with Gasteiger partial charge in [0.1, 0.15) is 11.6 Å². The zero-order chi connectivity index (χ0) is 23.2. The molecule has 6 rings (SSSR count). The molecule has 0 bridgehead atoms. The van der Waals surface area contributed by atoms with Crippen molar-refractivity contribution in [3.05, 3.63) is 77.0 Å². The first-order valence-corrected chi connectivity index (χ1v) is 11.7. The normalized spacial score (nSPS) is 18.0. The van der Waals surface area contributed by atoms with Crippen LogP contribution in [-0.2, 0) is 11.2 Å². The molecule has 2 fully saturated rings. The lowest BCUT2D eigenvalue weighted by Gasteiger charge is -2.16. The SMILES string of the molecule is O=C(C1CC1)N1CC[C@@H](Cc2n[nH]c(=O)n2-c2ccc(-c3ccc4ccncc4c3)cc2F)C1. The summed E-state index contributed by atoms with van der Waals surface area (Å²) in [6, 6.07) is 12.7. The third kappa shape index (κ3) is 3.79. The number of aromatic nitrogens is 4. The molecule has 3 heterocycles. The number of fused-ring (bicyclic) bond motifs is 1. The number of pyridine rings is 1. The van der Waals surface area contributed by atoms with E-state index < -0.39 is 11.5 Å². The van der Waals surface area contributed by atoms with Gasteiger partial charge in [-0.05, 0) is 66.0 Å². The van der Waals surface area contributed by atoms with E-state index in [4.69, 9.17) is 0 Å². The fraction of sp³-hybridized carbons (Fsp3) is 0.308. The third-order valence-electron chi connectivity index (χ3n) is 6.90. The van der Waals surface area contributed by atoms with Crippen molar-refractivity contribution in [2.24, 2.45) is 11.8 Å². The molecule has 8 heteroatoms. The summed E-state index contributed by atoms with van der Waals surface area (Å²) in [5, 5.41) is 8.69. The van der Waals surface area contributed by atoms with Gasteiger partial charge in [-0.1, -0.05) is 18.2 Å². The molecule has 0 radical (unpaired) electrons. The summed E-state index contributed by atoms with van der Waals surface area (Å²) in [6.07, 6.45) is 6.87. The number of halogens is 1. The minimum Gasteiger partial charge on any atom is -0.342 e. The molecular weight excluding hydrogens is 433 g/mol. The molecule has 2 aromatic carbocycles. The van der Waals surface area contributed by atoms with Crippen molar-refractivity contribution in [2.45, 2.75) is 25.7 Å². The van der Waals surface area contributed by atoms with E-state index in [1.165, 1.54) is 10.6 Å². The van der Waals surface area contributed by atoms with E-state index >= 15 is 4.39 Å². The predicted octanol–water partition coefficient (Wildman–Crippen LogP) is 3.72. The number of nitrogens with one attached hydrogen (secondary N) is 1. The molecule has 0 spiro atoms. The molecule has 4 aromatic rings. The number of H-pyrrole nitrogens is 1. The molecular formula is C26H24FN5O2. The summed E-state index contributed by atoms with van der Waals surface area (Å²) in [7, 11) is 0. The Morgan fingerprint density at radius 1 is 1.06 bits per heavy atom. The van der Waals surface area contributed by atoms with Gasteiger partial charge in [-0.3, -0.25) is 9.78 Å². The maximum absolute atomic E-state index is 15.3. The average molecular weight is 458 g/mol. The summed E-state index contributed by atoms with van der Waals surface area (Å²) >= 11 is 0. The highest BCUT2D eigenvalue weighted by Gasteiger charge is 2.37. The Morgan fingerprint density at radius 3 is 2.71 bits per heavy atom. The second-order valence-electron chi connectivity index (χ2n) is 9.30. The van der Waals surface area contributed by atoms with Crippen LogP contribution in [0.5, 0.6) is 0 Å². The fourth-order valence-corrected chi connectivity index (χ4v) is 4.89. The number of carbonyl (C=O) groups is 1. The summed E-state index contributed by atoms with van der Waals surface area (Å²) in [6.45, 7) is 1.40. The molecule has 1 N–H and O–H groups in total. The van der Waals surface area contributed by atoms with Crippen LogP contribution >= 0.6 is 0 Å². The monoisotopic (exact) mass is 457 g/mol. The number of carbonyl (C=O) groups excluding carboxylic acids is 1. The van der Waals surface area contributed by atoms with Gasteiger partial charge in [0.05, 0.1) is 5.69 Å². The summed E-state index contributed by atoms with van der Waals surface area (Å²) in [5.41, 5.74) is 1.29. The first-order valence-electron chi connectivity index (χ1n) is 11.7. The van der Waals surface area contributed by atoms with Gasteiger partial charge < -0.3 is 4.90 Å². The molecule has 1 amide bonds. The topological polar surface area (TPSA) is 83.9 Å². The van der Waals surface area contributed by atoms with Crippen LogP contribution in [0.3, 0.4) is 0 Å². The van der Waals surface area contributed by atoms with E-state index in [0.717, 1.165) is 47.7 Å². The minimum atomic E-state index is -0.495.